The number of benzene rings is 2. The number of nitrogens with one attached hydrogen (secondary N) is 1. The highest BCUT2D eigenvalue weighted by Gasteiger charge is 2.13. The van der Waals surface area contributed by atoms with Crippen molar-refractivity contribution < 1.29 is 9.59 Å². The van der Waals surface area contributed by atoms with Crippen LogP contribution in [0.5, 0.6) is 0 Å². The zero-order valence-corrected chi connectivity index (χ0v) is 16.4. The fourth-order valence-electron chi connectivity index (χ4n) is 2.99. The number of carbonyl (C=O) groups excluding carboxylic acids is 2. The molecule has 6 nitrogen and oxygen atoms in total. The van der Waals surface area contributed by atoms with E-state index in [-0.39, 0.29) is 23.8 Å². The molecule has 4 aromatic rings. The lowest BCUT2D eigenvalue weighted by Gasteiger charge is -2.08. The maximum absolute atomic E-state index is 12.8. The molecule has 0 atom stereocenters. The Hall–Kier alpha value is -3.58. The minimum atomic E-state index is -0.368. The number of anilines is 1. The number of rotatable bonds is 5. The molecular formula is C22H17N3O3S. The molecule has 0 unspecified atom stereocenters. The van der Waals surface area contributed by atoms with Crippen LogP contribution in [0.1, 0.15) is 17.3 Å². The van der Waals surface area contributed by atoms with E-state index < -0.39 is 0 Å². The van der Waals surface area contributed by atoms with Crippen LogP contribution in [0.4, 0.5) is 5.69 Å². The van der Waals surface area contributed by atoms with Crippen LogP contribution in [0.15, 0.2) is 71.8 Å². The van der Waals surface area contributed by atoms with E-state index in [0.717, 1.165) is 10.4 Å². The molecule has 0 bridgehead atoms. The third-order valence-electron chi connectivity index (χ3n) is 4.44. The summed E-state index contributed by atoms with van der Waals surface area (Å²) < 4.78 is 1.29. The maximum Gasteiger partial charge on any atom is 0.262 e. The second kappa shape index (κ2) is 7.81. The first kappa shape index (κ1) is 18.8. The van der Waals surface area contributed by atoms with Crippen LogP contribution in [0.2, 0.25) is 0 Å². The van der Waals surface area contributed by atoms with Gasteiger partial charge >= 0.3 is 0 Å². The summed E-state index contributed by atoms with van der Waals surface area (Å²) in [6, 6.07) is 18.3. The standard InChI is InChI=1S/C22H17N3O3S/c1-14(26)16-8-5-9-17(10-16)24-20(27)12-25-13-23-21-18(22(25)28)11-19(29-21)15-6-3-2-4-7-15/h2-11,13H,12H2,1H3,(H,24,27). The molecule has 0 spiro atoms. The molecule has 2 aromatic carbocycles. The summed E-state index contributed by atoms with van der Waals surface area (Å²) in [6.07, 6.45) is 1.39. The molecule has 0 fully saturated rings. The highest BCUT2D eigenvalue weighted by molar-refractivity contribution is 7.21. The number of hydrogen-bond acceptors (Lipinski definition) is 5. The number of nitrogens with zero attached hydrogens (tertiary/aromatic N) is 2. The van der Waals surface area contributed by atoms with E-state index in [4.69, 9.17) is 0 Å². The van der Waals surface area contributed by atoms with Crippen molar-refractivity contribution in [1.82, 2.24) is 9.55 Å². The molecule has 1 amide bonds. The number of thiophene rings is 1. The molecular weight excluding hydrogens is 386 g/mol. The Morgan fingerprint density at radius 1 is 1.07 bits per heavy atom. The van der Waals surface area contributed by atoms with Crippen LogP contribution in [-0.2, 0) is 11.3 Å². The van der Waals surface area contributed by atoms with Crippen LogP contribution in [0, 0.1) is 0 Å². The van der Waals surface area contributed by atoms with Crippen molar-refractivity contribution in [3.05, 3.63) is 82.9 Å². The van der Waals surface area contributed by atoms with Gasteiger partial charge in [0.05, 0.1) is 11.7 Å². The maximum atomic E-state index is 12.8. The molecule has 0 aliphatic carbocycles. The third-order valence-corrected chi connectivity index (χ3v) is 5.54. The van der Waals surface area contributed by atoms with E-state index in [0.29, 0.717) is 21.5 Å². The van der Waals surface area contributed by atoms with Crippen molar-refractivity contribution in [2.45, 2.75) is 13.5 Å². The largest absolute Gasteiger partial charge is 0.325 e. The summed E-state index contributed by atoms with van der Waals surface area (Å²) in [5, 5.41) is 3.20. The molecule has 29 heavy (non-hydrogen) atoms. The smallest absolute Gasteiger partial charge is 0.262 e. The van der Waals surface area contributed by atoms with Gasteiger partial charge in [0.15, 0.2) is 5.78 Å². The topological polar surface area (TPSA) is 81.1 Å². The van der Waals surface area contributed by atoms with Gasteiger partial charge in [0, 0.05) is 16.1 Å². The van der Waals surface area contributed by atoms with Gasteiger partial charge in [0.2, 0.25) is 5.91 Å². The fraction of sp³-hybridized carbons (Fsp3) is 0.0909. The van der Waals surface area contributed by atoms with E-state index in [1.54, 1.807) is 24.3 Å². The molecule has 0 saturated carbocycles. The average Bonchev–Trinajstić information content (AvgIpc) is 3.16. The molecule has 2 heterocycles. The Morgan fingerprint density at radius 3 is 2.62 bits per heavy atom. The minimum Gasteiger partial charge on any atom is -0.325 e. The molecule has 7 heteroatoms. The minimum absolute atomic E-state index is 0.0846. The van der Waals surface area contributed by atoms with Crippen molar-refractivity contribution in [3.8, 4) is 10.4 Å². The van der Waals surface area contributed by atoms with Gasteiger partial charge in [0.1, 0.15) is 11.4 Å². The van der Waals surface area contributed by atoms with Crippen LogP contribution >= 0.6 is 11.3 Å². The molecule has 0 saturated heterocycles. The highest BCUT2D eigenvalue weighted by Crippen LogP contribution is 2.30. The van der Waals surface area contributed by atoms with Crippen LogP contribution < -0.4 is 10.9 Å². The number of carbonyl (C=O) groups is 2. The van der Waals surface area contributed by atoms with Gasteiger partial charge in [-0.3, -0.25) is 19.0 Å². The number of aromatic nitrogens is 2. The molecule has 0 aliphatic heterocycles. The second-order valence-electron chi connectivity index (χ2n) is 6.56. The molecule has 0 aliphatic rings. The Labute approximate surface area is 170 Å². The third kappa shape index (κ3) is 4.00. The van der Waals surface area contributed by atoms with E-state index in [1.807, 2.05) is 36.4 Å². The van der Waals surface area contributed by atoms with E-state index >= 15 is 0 Å². The van der Waals surface area contributed by atoms with Gasteiger partial charge in [-0.1, -0.05) is 42.5 Å². The van der Waals surface area contributed by atoms with E-state index in [2.05, 4.69) is 10.3 Å². The zero-order valence-electron chi connectivity index (χ0n) is 15.6. The normalized spacial score (nSPS) is 10.8. The number of hydrogen-bond donors (Lipinski definition) is 1. The second-order valence-corrected chi connectivity index (χ2v) is 7.59. The van der Waals surface area contributed by atoms with Crippen molar-refractivity contribution >= 4 is 38.9 Å². The summed E-state index contributed by atoms with van der Waals surface area (Å²) in [5.41, 5.74) is 1.77. The Balaban J connectivity index is 1.57. The highest BCUT2D eigenvalue weighted by atomic mass is 32.1. The van der Waals surface area contributed by atoms with Gasteiger partial charge in [-0.25, -0.2) is 4.98 Å². The molecule has 4 rings (SSSR count). The van der Waals surface area contributed by atoms with Crippen molar-refractivity contribution in [2.24, 2.45) is 0 Å². The Kier molecular flexibility index (Phi) is 5.05. The van der Waals surface area contributed by atoms with Crippen molar-refractivity contribution in [2.75, 3.05) is 5.32 Å². The Bertz CT molecular complexity index is 1280. The monoisotopic (exact) mass is 403 g/mol. The molecule has 2 aromatic heterocycles. The summed E-state index contributed by atoms with van der Waals surface area (Å²) >= 11 is 1.44. The SMILES string of the molecule is CC(=O)c1cccc(NC(=O)Cn2cnc3sc(-c4ccccc4)cc3c2=O)c1. The fourth-order valence-corrected chi connectivity index (χ4v) is 3.98. The van der Waals surface area contributed by atoms with E-state index in [9.17, 15) is 14.4 Å². The number of ketones is 1. The molecule has 1 N–H and O–H groups in total. The molecule has 144 valence electrons. The lowest BCUT2D eigenvalue weighted by atomic mass is 10.1. The van der Waals surface area contributed by atoms with Gasteiger partial charge in [-0.05, 0) is 30.7 Å². The molecule has 0 radical (unpaired) electrons. The first-order chi connectivity index (χ1) is 14.0. The zero-order chi connectivity index (χ0) is 20.4. The first-order valence-corrected chi connectivity index (χ1v) is 9.78. The van der Waals surface area contributed by atoms with Crippen LogP contribution in [-0.4, -0.2) is 21.2 Å². The summed E-state index contributed by atoms with van der Waals surface area (Å²) in [5.74, 6) is -0.453. The Morgan fingerprint density at radius 2 is 1.86 bits per heavy atom. The van der Waals surface area contributed by atoms with Crippen molar-refractivity contribution in [1.29, 1.82) is 0 Å². The van der Waals surface area contributed by atoms with Gasteiger partial charge < -0.3 is 5.32 Å². The lowest BCUT2D eigenvalue weighted by Crippen LogP contribution is -2.27. The van der Waals surface area contributed by atoms with Gasteiger partial charge in [-0.2, -0.15) is 0 Å². The summed E-state index contributed by atoms with van der Waals surface area (Å²) in [4.78, 5) is 42.6. The van der Waals surface area contributed by atoms with Crippen LogP contribution in [0.3, 0.4) is 0 Å². The summed E-state index contributed by atoms with van der Waals surface area (Å²) in [7, 11) is 0. The van der Waals surface area contributed by atoms with Gasteiger partial charge in [-0.15, -0.1) is 11.3 Å². The van der Waals surface area contributed by atoms with Crippen LogP contribution in [0.25, 0.3) is 20.7 Å². The quantitative estimate of drug-likeness (QED) is 0.511. The van der Waals surface area contributed by atoms with E-state index in [1.165, 1.54) is 29.2 Å². The average molecular weight is 403 g/mol. The van der Waals surface area contributed by atoms with Gasteiger partial charge in [0.25, 0.3) is 5.56 Å². The lowest BCUT2D eigenvalue weighted by molar-refractivity contribution is -0.116. The predicted molar refractivity (Wildman–Crippen MR) is 114 cm³/mol. The number of amides is 1. The summed E-state index contributed by atoms with van der Waals surface area (Å²) in [6.45, 7) is 1.30. The first-order valence-electron chi connectivity index (χ1n) is 8.96. The number of Topliss-reactive ketones (excluding diaryl/α,β-unsaturated/α-hetero) is 1. The van der Waals surface area contributed by atoms with Crippen molar-refractivity contribution in [3.63, 3.8) is 0 Å². The number of fused-ring (bicyclic) bond motifs is 1. The predicted octanol–water partition coefficient (Wildman–Crippen LogP) is 3.97.